The Morgan fingerprint density at radius 2 is 1.86 bits per heavy atom. The highest BCUT2D eigenvalue weighted by Gasteiger charge is 2.31. The molecule has 0 unspecified atom stereocenters. The third-order valence-electron chi connectivity index (χ3n) is 6.30. The van der Waals surface area contributed by atoms with Crippen molar-refractivity contribution in [2.75, 3.05) is 13.1 Å². The van der Waals surface area contributed by atoms with E-state index in [1.807, 2.05) is 22.6 Å². The van der Waals surface area contributed by atoms with Crippen LogP contribution in [0.5, 0.6) is 0 Å². The van der Waals surface area contributed by atoms with E-state index in [9.17, 15) is 4.79 Å². The molecular formula is C21H32N6O. The van der Waals surface area contributed by atoms with Crippen LogP contribution in [0.4, 0.5) is 0 Å². The van der Waals surface area contributed by atoms with Gasteiger partial charge in [0, 0.05) is 50.3 Å². The Bertz CT molecular complexity index is 815. The van der Waals surface area contributed by atoms with Gasteiger partial charge in [0.05, 0.1) is 0 Å². The van der Waals surface area contributed by atoms with Crippen LogP contribution >= 0.6 is 0 Å². The van der Waals surface area contributed by atoms with Gasteiger partial charge in [-0.2, -0.15) is 0 Å². The molecule has 1 fully saturated rings. The first-order chi connectivity index (χ1) is 13.6. The highest BCUT2D eigenvalue weighted by atomic mass is 16.2. The van der Waals surface area contributed by atoms with E-state index in [2.05, 4.69) is 33.6 Å². The molecule has 0 saturated carbocycles. The maximum absolute atomic E-state index is 13.1. The summed E-state index contributed by atoms with van der Waals surface area (Å²) in [5.41, 5.74) is 0. The van der Waals surface area contributed by atoms with Crippen molar-refractivity contribution in [3.05, 3.63) is 29.9 Å². The molecule has 28 heavy (non-hydrogen) atoms. The summed E-state index contributed by atoms with van der Waals surface area (Å²) < 4.78 is 4.38. The molecule has 4 heterocycles. The molecule has 2 aliphatic rings. The normalized spacial score (nSPS) is 19.5. The number of nitrogens with zero attached hydrogens (tertiary/aromatic N) is 6. The molecule has 2 aromatic heterocycles. The second kappa shape index (κ2) is 8.05. The zero-order chi connectivity index (χ0) is 19.7. The molecule has 4 rings (SSSR count). The topological polar surface area (TPSA) is 68.8 Å². The van der Waals surface area contributed by atoms with Gasteiger partial charge in [0.25, 0.3) is 0 Å². The van der Waals surface area contributed by atoms with Gasteiger partial charge in [-0.3, -0.25) is 4.79 Å². The Kier molecular flexibility index (Phi) is 5.51. The summed E-state index contributed by atoms with van der Waals surface area (Å²) in [5.74, 6) is 4.19. The monoisotopic (exact) mass is 384 g/mol. The third kappa shape index (κ3) is 3.59. The fourth-order valence-electron chi connectivity index (χ4n) is 4.65. The smallest absolute Gasteiger partial charge is 0.245 e. The largest absolute Gasteiger partial charge is 0.341 e. The van der Waals surface area contributed by atoms with E-state index in [-0.39, 0.29) is 11.9 Å². The number of amides is 1. The summed E-state index contributed by atoms with van der Waals surface area (Å²) >= 11 is 0. The van der Waals surface area contributed by atoms with Crippen LogP contribution in [0.3, 0.4) is 0 Å². The number of piperidine rings is 1. The van der Waals surface area contributed by atoms with Crippen LogP contribution in [0.25, 0.3) is 0 Å². The Morgan fingerprint density at radius 3 is 2.61 bits per heavy atom. The Morgan fingerprint density at radius 1 is 1.07 bits per heavy atom. The second-order valence-electron chi connectivity index (χ2n) is 8.56. The highest BCUT2D eigenvalue weighted by Crippen LogP contribution is 2.30. The molecule has 7 nitrogen and oxygen atoms in total. The number of likely N-dealkylation sites (tertiary alicyclic amines) is 1. The maximum Gasteiger partial charge on any atom is 0.245 e. The van der Waals surface area contributed by atoms with Crippen molar-refractivity contribution in [3.63, 3.8) is 0 Å². The van der Waals surface area contributed by atoms with E-state index in [4.69, 9.17) is 0 Å². The lowest BCUT2D eigenvalue weighted by Crippen LogP contribution is -2.42. The van der Waals surface area contributed by atoms with Gasteiger partial charge in [0.1, 0.15) is 23.5 Å². The van der Waals surface area contributed by atoms with E-state index in [0.717, 1.165) is 56.4 Å². The Labute approximate surface area is 167 Å². The number of aromatic nitrogens is 5. The van der Waals surface area contributed by atoms with Crippen LogP contribution in [0.1, 0.15) is 88.2 Å². The third-order valence-corrected chi connectivity index (χ3v) is 6.30. The quantitative estimate of drug-likeness (QED) is 0.811. The predicted octanol–water partition coefficient (Wildman–Crippen LogP) is 3.29. The van der Waals surface area contributed by atoms with Crippen LogP contribution < -0.4 is 0 Å². The molecule has 7 heteroatoms. The molecule has 0 radical (unpaired) electrons. The lowest BCUT2D eigenvalue weighted by atomic mass is 9.95. The molecule has 0 aliphatic carbocycles. The van der Waals surface area contributed by atoms with Crippen molar-refractivity contribution >= 4 is 5.91 Å². The molecule has 152 valence electrons. The van der Waals surface area contributed by atoms with E-state index in [1.165, 1.54) is 19.3 Å². The predicted molar refractivity (Wildman–Crippen MR) is 107 cm³/mol. The average molecular weight is 385 g/mol. The minimum absolute atomic E-state index is 0.193. The molecule has 1 atom stereocenters. The first-order valence-electron chi connectivity index (χ1n) is 10.8. The molecule has 0 N–H and O–H groups in total. The number of carbonyl (C=O) groups excluding carboxylic acids is 1. The summed E-state index contributed by atoms with van der Waals surface area (Å²) in [6, 6.07) is -0.208. The standard InChI is InChI=1S/C21H32N6O/c1-15(2)19-22-10-14-26(19)16(3)21(28)25-12-8-17(9-13-25)20-24-23-18-7-5-4-6-11-27(18)20/h10,14-17H,4-9,11-13H2,1-3H3/t16-/m0/s1. The lowest BCUT2D eigenvalue weighted by molar-refractivity contribution is -0.135. The summed E-state index contributed by atoms with van der Waals surface area (Å²) in [7, 11) is 0. The highest BCUT2D eigenvalue weighted by molar-refractivity contribution is 5.80. The van der Waals surface area contributed by atoms with Gasteiger partial charge in [-0.1, -0.05) is 20.3 Å². The summed E-state index contributed by atoms with van der Waals surface area (Å²) in [4.78, 5) is 19.5. The SMILES string of the molecule is CC(C)c1nccn1[C@@H](C)C(=O)N1CCC(c2nnc3n2CCCCC3)CC1. The van der Waals surface area contributed by atoms with Crippen molar-refractivity contribution < 1.29 is 4.79 Å². The minimum atomic E-state index is -0.208. The van der Waals surface area contributed by atoms with Gasteiger partial charge < -0.3 is 14.0 Å². The molecule has 0 spiro atoms. The fraction of sp³-hybridized carbons (Fsp3) is 0.714. The van der Waals surface area contributed by atoms with Gasteiger partial charge in [-0.25, -0.2) is 4.98 Å². The van der Waals surface area contributed by atoms with Crippen LogP contribution in [0.2, 0.25) is 0 Å². The van der Waals surface area contributed by atoms with Gasteiger partial charge >= 0.3 is 0 Å². The number of carbonyl (C=O) groups is 1. The molecule has 2 aromatic rings. The number of hydrogen-bond acceptors (Lipinski definition) is 4. The van der Waals surface area contributed by atoms with Crippen molar-refractivity contribution in [1.82, 2.24) is 29.2 Å². The number of aryl methyl sites for hydroxylation is 1. The first kappa shape index (κ1) is 19.2. The summed E-state index contributed by atoms with van der Waals surface area (Å²) in [5, 5.41) is 8.99. The van der Waals surface area contributed by atoms with Gasteiger partial charge in [-0.15, -0.1) is 10.2 Å². The van der Waals surface area contributed by atoms with Crippen LogP contribution in [0, 0.1) is 0 Å². The average Bonchev–Trinajstić information content (AvgIpc) is 3.29. The van der Waals surface area contributed by atoms with Crippen molar-refractivity contribution in [3.8, 4) is 0 Å². The van der Waals surface area contributed by atoms with Gasteiger partial charge in [-0.05, 0) is 32.6 Å². The number of rotatable bonds is 4. The molecule has 0 aromatic carbocycles. The van der Waals surface area contributed by atoms with Crippen molar-refractivity contribution in [2.45, 2.75) is 83.7 Å². The second-order valence-corrected chi connectivity index (χ2v) is 8.56. The number of imidazole rings is 1. The van der Waals surface area contributed by atoms with Gasteiger partial charge in [0.2, 0.25) is 5.91 Å². The Hall–Kier alpha value is -2.18. The van der Waals surface area contributed by atoms with Crippen LogP contribution in [-0.2, 0) is 17.8 Å². The first-order valence-corrected chi connectivity index (χ1v) is 10.8. The molecular weight excluding hydrogens is 352 g/mol. The van der Waals surface area contributed by atoms with Crippen molar-refractivity contribution in [1.29, 1.82) is 0 Å². The Balaban J connectivity index is 1.41. The molecule has 0 bridgehead atoms. The molecule has 1 saturated heterocycles. The van der Waals surface area contributed by atoms with Crippen LogP contribution in [-0.4, -0.2) is 48.2 Å². The molecule has 1 amide bonds. The minimum Gasteiger partial charge on any atom is -0.341 e. The summed E-state index contributed by atoms with van der Waals surface area (Å²) in [6.45, 7) is 8.85. The van der Waals surface area contributed by atoms with E-state index in [1.54, 1.807) is 6.20 Å². The van der Waals surface area contributed by atoms with E-state index < -0.39 is 0 Å². The van der Waals surface area contributed by atoms with E-state index >= 15 is 0 Å². The van der Waals surface area contributed by atoms with E-state index in [0.29, 0.717) is 11.8 Å². The van der Waals surface area contributed by atoms with Gasteiger partial charge in [0.15, 0.2) is 0 Å². The number of hydrogen-bond donors (Lipinski definition) is 0. The lowest BCUT2D eigenvalue weighted by Gasteiger charge is -2.34. The fourth-order valence-corrected chi connectivity index (χ4v) is 4.65. The zero-order valence-electron chi connectivity index (χ0n) is 17.3. The zero-order valence-corrected chi connectivity index (χ0v) is 17.3. The number of fused-ring (bicyclic) bond motifs is 1. The van der Waals surface area contributed by atoms with Crippen LogP contribution in [0.15, 0.2) is 12.4 Å². The summed E-state index contributed by atoms with van der Waals surface area (Å²) in [6.07, 6.45) is 10.4. The maximum atomic E-state index is 13.1. The van der Waals surface area contributed by atoms with Crippen molar-refractivity contribution in [2.24, 2.45) is 0 Å². The molecule has 2 aliphatic heterocycles.